The van der Waals surface area contributed by atoms with Crippen LogP contribution in [0, 0.1) is 0 Å². The van der Waals surface area contributed by atoms with E-state index in [4.69, 9.17) is 29.8 Å². The van der Waals surface area contributed by atoms with Gasteiger partial charge < -0.3 is 15.3 Å². The number of nitrogens with zero attached hydrogens (tertiary/aromatic N) is 1. The first-order chi connectivity index (χ1) is 10.7. The monoisotopic (exact) mass is 314 g/mol. The molecule has 22 heavy (non-hydrogen) atoms. The van der Waals surface area contributed by atoms with E-state index >= 15 is 0 Å². The van der Waals surface area contributed by atoms with E-state index in [1.165, 1.54) is 0 Å². The van der Waals surface area contributed by atoms with Crippen LogP contribution in [0.5, 0.6) is 0 Å². The van der Waals surface area contributed by atoms with Gasteiger partial charge in [-0.05, 0) is 6.08 Å². The molecule has 0 aliphatic carbocycles. The summed E-state index contributed by atoms with van der Waals surface area (Å²) in [6.45, 7) is 2.94. The maximum absolute atomic E-state index is 9.03. The lowest BCUT2D eigenvalue weighted by molar-refractivity contribution is -1.38. The molecule has 0 saturated heterocycles. The summed E-state index contributed by atoms with van der Waals surface area (Å²) in [5.41, 5.74) is 0.811. The van der Waals surface area contributed by atoms with Gasteiger partial charge in [0.25, 0.3) is 0 Å². The lowest BCUT2D eigenvalue weighted by Crippen LogP contribution is -2.51. The highest BCUT2D eigenvalue weighted by Gasteiger charge is 2.44. The quantitative estimate of drug-likeness (QED) is 0.296. The molecule has 1 aromatic carbocycles. The number of aliphatic hydroxyl groups is 3. The van der Waals surface area contributed by atoms with Crippen LogP contribution in [0.25, 0.3) is 0 Å². The van der Waals surface area contributed by atoms with Gasteiger partial charge in [-0.1, -0.05) is 36.9 Å². The Labute approximate surface area is 130 Å². The highest BCUT2D eigenvalue weighted by molar-refractivity contribution is 5.20. The van der Waals surface area contributed by atoms with E-state index in [1.54, 1.807) is 6.08 Å². The van der Waals surface area contributed by atoms with Gasteiger partial charge in [0.05, 0.1) is 19.8 Å². The van der Waals surface area contributed by atoms with E-state index in [1.807, 2.05) is 30.3 Å². The Morgan fingerprint density at radius 2 is 1.36 bits per heavy atom. The van der Waals surface area contributed by atoms with E-state index in [2.05, 4.69) is 6.58 Å². The van der Waals surface area contributed by atoms with Crippen molar-refractivity contribution >= 4 is 0 Å². The molecule has 1 atom stereocenters. The Bertz CT molecular complexity index is 392. The van der Waals surface area contributed by atoms with Gasteiger partial charge in [0.15, 0.2) is 0 Å². The van der Waals surface area contributed by atoms with Crippen LogP contribution in [0.4, 0.5) is 0 Å². The summed E-state index contributed by atoms with van der Waals surface area (Å²) in [7, 11) is 0. The molecule has 1 aromatic rings. The number of rotatable bonds is 12. The zero-order chi connectivity index (χ0) is 16.3. The molecule has 1 rings (SSSR count). The van der Waals surface area contributed by atoms with Gasteiger partial charge in [0.2, 0.25) is 6.04 Å². The second-order valence-electron chi connectivity index (χ2n) is 4.30. The van der Waals surface area contributed by atoms with E-state index in [9.17, 15) is 0 Å². The van der Waals surface area contributed by atoms with Crippen molar-refractivity contribution < 1.29 is 34.8 Å². The van der Waals surface area contributed by atoms with Crippen LogP contribution in [-0.4, -0.2) is 59.9 Å². The van der Waals surface area contributed by atoms with Crippen LogP contribution >= 0.6 is 0 Å². The molecule has 0 fully saturated rings. The first kappa shape index (κ1) is 18.7. The second kappa shape index (κ2) is 10.4. The van der Waals surface area contributed by atoms with Crippen molar-refractivity contribution in [3.63, 3.8) is 0 Å². The number of quaternary nitrogens is 1. The summed E-state index contributed by atoms with van der Waals surface area (Å²) in [6.07, 6.45) is 1.58. The standard InChI is InChI=1S/C15H24NO6/c1-2-15(14-6-4-3-5-7-14)16(20-11-8-17,21-12-9-18)22-13-10-19/h2-7,15,17-19H,1,8-13H2/q+1. The van der Waals surface area contributed by atoms with Crippen LogP contribution < -0.4 is 0 Å². The minimum absolute atomic E-state index is 0.0476. The normalized spacial score (nSPS) is 13.0. The maximum Gasteiger partial charge on any atom is 0.230 e. The SMILES string of the molecule is C=CC(c1ccccc1)[N+](OCCO)(OCCO)OCCO. The van der Waals surface area contributed by atoms with Crippen molar-refractivity contribution in [2.75, 3.05) is 39.6 Å². The third-order valence-electron chi connectivity index (χ3n) is 2.79. The Kier molecular flexibility index (Phi) is 8.86. The lowest BCUT2D eigenvalue weighted by Gasteiger charge is -2.34. The van der Waals surface area contributed by atoms with Crippen LogP contribution in [-0.2, 0) is 14.5 Å². The topological polar surface area (TPSA) is 88.4 Å². The van der Waals surface area contributed by atoms with Gasteiger partial charge in [-0.25, -0.2) is 0 Å². The Hall–Kier alpha value is -1.32. The first-order valence-electron chi connectivity index (χ1n) is 7.06. The molecular weight excluding hydrogens is 290 g/mol. The summed E-state index contributed by atoms with van der Waals surface area (Å²) in [6, 6.07) is 8.72. The highest BCUT2D eigenvalue weighted by atomic mass is 17.2. The van der Waals surface area contributed by atoms with Crippen LogP contribution in [0.1, 0.15) is 11.6 Å². The van der Waals surface area contributed by atoms with Gasteiger partial charge in [-0.3, -0.25) is 0 Å². The molecule has 0 aliphatic rings. The molecule has 124 valence electrons. The molecule has 0 aromatic heterocycles. The zero-order valence-electron chi connectivity index (χ0n) is 12.5. The fourth-order valence-electron chi connectivity index (χ4n) is 1.95. The van der Waals surface area contributed by atoms with Crippen molar-refractivity contribution in [1.29, 1.82) is 0 Å². The van der Waals surface area contributed by atoms with Crippen molar-refractivity contribution in [3.8, 4) is 0 Å². The minimum atomic E-state index is -0.783. The predicted molar refractivity (Wildman–Crippen MR) is 78.8 cm³/mol. The smallest absolute Gasteiger partial charge is 0.230 e. The largest absolute Gasteiger partial charge is 0.394 e. The fraction of sp³-hybridized carbons (Fsp3) is 0.467. The van der Waals surface area contributed by atoms with Gasteiger partial charge in [-0.2, -0.15) is 0 Å². The Morgan fingerprint density at radius 3 is 1.73 bits per heavy atom. The van der Waals surface area contributed by atoms with Gasteiger partial charge in [-0.15, -0.1) is 14.5 Å². The summed E-state index contributed by atoms with van der Waals surface area (Å²) < 4.78 is 0. The van der Waals surface area contributed by atoms with Crippen LogP contribution in [0.2, 0.25) is 0 Å². The maximum atomic E-state index is 9.03. The zero-order valence-corrected chi connectivity index (χ0v) is 12.5. The van der Waals surface area contributed by atoms with Crippen molar-refractivity contribution in [1.82, 2.24) is 0 Å². The second-order valence-corrected chi connectivity index (χ2v) is 4.30. The fourth-order valence-corrected chi connectivity index (χ4v) is 1.95. The average Bonchev–Trinajstić information content (AvgIpc) is 2.57. The van der Waals surface area contributed by atoms with Gasteiger partial charge in [0.1, 0.15) is 24.8 Å². The third kappa shape index (κ3) is 5.15. The van der Waals surface area contributed by atoms with Gasteiger partial charge >= 0.3 is 0 Å². The Balaban J connectivity index is 3.12. The summed E-state index contributed by atoms with van der Waals surface area (Å²) in [4.78, 5) is 15.8. The van der Waals surface area contributed by atoms with Gasteiger partial charge in [0, 0.05) is 5.56 Å². The van der Waals surface area contributed by atoms with Crippen molar-refractivity contribution in [2.45, 2.75) is 6.04 Å². The molecule has 0 amide bonds. The molecular formula is C15H24NO6+. The molecule has 0 saturated carbocycles. The van der Waals surface area contributed by atoms with Crippen LogP contribution in [0.15, 0.2) is 43.0 Å². The number of aliphatic hydroxyl groups excluding tert-OH is 3. The highest BCUT2D eigenvalue weighted by Crippen LogP contribution is 2.32. The lowest BCUT2D eigenvalue weighted by atomic mass is 10.1. The Morgan fingerprint density at radius 1 is 0.909 bits per heavy atom. The average molecular weight is 314 g/mol. The molecule has 0 aliphatic heterocycles. The molecule has 0 spiro atoms. The van der Waals surface area contributed by atoms with Crippen molar-refractivity contribution in [2.24, 2.45) is 0 Å². The molecule has 0 radical (unpaired) electrons. The van der Waals surface area contributed by atoms with Crippen LogP contribution in [0.3, 0.4) is 0 Å². The number of hydrogen-bond donors (Lipinski definition) is 3. The van der Waals surface area contributed by atoms with E-state index in [-0.39, 0.29) is 39.6 Å². The molecule has 3 N–H and O–H groups in total. The summed E-state index contributed by atoms with van der Waals surface area (Å²) >= 11 is 0. The molecule has 1 unspecified atom stereocenters. The third-order valence-corrected chi connectivity index (χ3v) is 2.79. The predicted octanol–water partition coefficient (Wildman–Crippen LogP) is 0.502. The number of hydrogen-bond acceptors (Lipinski definition) is 6. The molecule has 7 heteroatoms. The number of benzene rings is 1. The van der Waals surface area contributed by atoms with E-state index < -0.39 is 11.0 Å². The first-order valence-corrected chi connectivity index (χ1v) is 7.06. The summed E-state index contributed by atoms with van der Waals surface area (Å²) in [5.74, 6) is 0. The van der Waals surface area contributed by atoms with Crippen molar-refractivity contribution in [3.05, 3.63) is 48.6 Å². The van der Waals surface area contributed by atoms with E-state index in [0.29, 0.717) is 0 Å². The molecule has 0 bridgehead atoms. The number of hydroxylamine groups is 3. The molecule has 7 nitrogen and oxygen atoms in total. The minimum Gasteiger partial charge on any atom is -0.394 e. The molecule has 0 heterocycles. The summed E-state index contributed by atoms with van der Waals surface area (Å²) in [5, 5.41) is 27.1. The van der Waals surface area contributed by atoms with E-state index in [0.717, 1.165) is 5.56 Å².